The summed E-state index contributed by atoms with van der Waals surface area (Å²) in [6, 6.07) is 1.79. The molecule has 0 fully saturated rings. The molecule has 0 spiro atoms. The van der Waals surface area contributed by atoms with E-state index in [1.807, 2.05) is 0 Å². The molecule has 3 rings (SSSR count). The van der Waals surface area contributed by atoms with Crippen LogP contribution in [0.3, 0.4) is 0 Å². The number of hydrogen-bond acceptors (Lipinski definition) is 5. The van der Waals surface area contributed by atoms with Crippen molar-refractivity contribution in [2.24, 2.45) is 0 Å². The summed E-state index contributed by atoms with van der Waals surface area (Å²) in [7, 11) is 2.09. The minimum absolute atomic E-state index is 0.617. The normalized spacial score (nSPS) is 16.1. The molecule has 0 unspecified atom stereocenters. The Labute approximate surface area is 93.1 Å². The van der Waals surface area contributed by atoms with E-state index in [0.29, 0.717) is 11.6 Å². The second-order valence-electron chi connectivity index (χ2n) is 4.00. The van der Waals surface area contributed by atoms with E-state index in [4.69, 9.17) is 4.52 Å². The Balaban J connectivity index is 2.07. The molecule has 1 aliphatic heterocycles. The van der Waals surface area contributed by atoms with Gasteiger partial charge in [0.05, 0.1) is 5.69 Å². The number of aromatic nitrogens is 3. The molecular weight excluding hydrogens is 204 g/mol. The Bertz CT molecular complexity index is 494. The summed E-state index contributed by atoms with van der Waals surface area (Å²) in [4.78, 5) is 10.6. The molecule has 0 saturated carbocycles. The number of nitrogens with zero attached hydrogens (tertiary/aromatic N) is 4. The highest BCUT2D eigenvalue weighted by Crippen LogP contribution is 2.27. The van der Waals surface area contributed by atoms with Crippen LogP contribution in [-0.4, -0.2) is 33.6 Å². The fraction of sp³-hybridized carbons (Fsp3) is 0.364. The summed E-state index contributed by atoms with van der Waals surface area (Å²) >= 11 is 0. The minimum atomic E-state index is 0.617. The minimum Gasteiger partial charge on any atom is -0.352 e. The number of hydrogen-bond donors (Lipinski definition) is 0. The van der Waals surface area contributed by atoms with Crippen LogP contribution >= 0.6 is 0 Å². The van der Waals surface area contributed by atoms with Gasteiger partial charge in [-0.25, -0.2) is 9.97 Å². The summed E-state index contributed by atoms with van der Waals surface area (Å²) in [6.07, 6.45) is 4.36. The van der Waals surface area contributed by atoms with Gasteiger partial charge in [0, 0.05) is 37.5 Å². The highest BCUT2D eigenvalue weighted by atomic mass is 16.5. The van der Waals surface area contributed by atoms with Crippen LogP contribution in [0.2, 0.25) is 0 Å². The maximum Gasteiger partial charge on any atom is 0.208 e. The maximum atomic E-state index is 5.35. The third kappa shape index (κ3) is 1.49. The van der Waals surface area contributed by atoms with Crippen LogP contribution in [0.4, 0.5) is 0 Å². The van der Waals surface area contributed by atoms with E-state index >= 15 is 0 Å². The zero-order chi connectivity index (χ0) is 11.0. The molecule has 0 bridgehead atoms. The molecule has 5 nitrogen and oxygen atoms in total. The third-order valence-corrected chi connectivity index (χ3v) is 2.80. The lowest BCUT2D eigenvalue weighted by Gasteiger charge is -2.20. The van der Waals surface area contributed by atoms with Gasteiger partial charge in [0.15, 0.2) is 5.82 Å². The fourth-order valence-electron chi connectivity index (χ4n) is 1.94. The van der Waals surface area contributed by atoms with Crippen LogP contribution in [0, 0.1) is 0 Å². The molecule has 0 aromatic carbocycles. The van der Waals surface area contributed by atoms with Crippen LogP contribution in [0.15, 0.2) is 23.0 Å². The van der Waals surface area contributed by atoms with E-state index in [1.54, 1.807) is 18.5 Å². The molecule has 0 atom stereocenters. The lowest BCUT2D eigenvalue weighted by molar-refractivity contribution is 0.311. The molecule has 5 heteroatoms. The first-order valence-electron chi connectivity index (χ1n) is 5.28. The molecule has 16 heavy (non-hydrogen) atoms. The van der Waals surface area contributed by atoms with Crippen molar-refractivity contribution in [2.45, 2.75) is 13.0 Å². The van der Waals surface area contributed by atoms with Crippen molar-refractivity contribution in [3.05, 3.63) is 29.7 Å². The predicted octanol–water partition coefficient (Wildman–Crippen LogP) is 1.12. The van der Waals surface area contributed by atoms with Gasteiger partial charge in [0.2, 0.25) is 5.76 Å². The zero-order valence-corrected chi connectivity index (χ0v) is 9.05. The second kappa shape index (κ2) is 3.68. The third-order valence-electron chi connectivity index (χ3n) is 2.80. The molecule has 82 valence electrons. The molecule has 1 aliphatic rings. The first kappa shape index (κ1) is 9.47. The van der Waals surface area contributed by atoms with E-state index in [-0.39, 0.29) is 0 Å². The second-order valence-corrected chi connectivity index (χ2v) is 4.00. The van der Waals surface area contributed by atoms with E-state index in [0.717, 1.165) is 30.8 Å². The van der Waals surface area contributed by atoms with E-state index in [2.05, 4.69) is 27.1 Å². The molecular formula is C11H12N4O. The topological polar surface area (TPSA) is 55.1 Å². The van der Waals surface area contributed by atoms with E-state index < -0.39 is 0 Å². The Morgan fingerprint density at radius 3 is 2.94 bits per heavy atom. The van der Waals surface area contributed by atoms with Crippen LogP contribution in [0.1, 0.15) is 11.3 Å². The predicted molar refractivity (Wildman–Crippen MR) is 57.6 cm³/mol. The number of likely N-dealkylation sites (N-methyl/N-ethyl adjacent to an activating group) is 1. The largest absolute Gasteiger partial charge is 0.352 e. The van der Waals surface area contributed by atoms with Gasteiger partial charge in [0.25, 0.3) is 0 Å². The Morgan fingerprint density at radius 1 is 1.31 bits per heavy atom. The summed E-state index contributed by atoms with van der Waals surface area (Å²) in [5.74, 6) is 1.33. The zero-order valence-electron chi connectivity index (χ0n) is 9.05. The van der Waals surface area contributed by atoms with Gasteiger partial charge in [-0.15, -0.1) is 0 Å². The van der Waals surface area contributed by atoms with Gasteiger partial charge in [-0.3, -0.25) is 0 Å². The van der Waals surface area contributed by atoms with Gasteiger partial charge in [-0.05, 0) is 13.1 Å². The van der Waals surface area contributed by atoms with Crippen LogP contribution in [-0.2, 0) is 13.0 Å². The lowest BCUT2D eigenvalue weighted by atomic mass is 10.1. The molecule has 0 amide bonds. The Hall–Kier alpha value is -1.75. The lowest BCUT2D eigenvalue weighted by Crippen LogP contribution is -2.26. The van der Waals surface area contributed by atoms with Crippen molar-refractivity contribution in [1.29, 1.82) is 0 Å². The van der Waals surface area contributed by atoms with Crippen molar-refractivity contribution < 1.29 is 4.52 Å². The molecule has 2 aromatic heterocycles. The van der Waals surface area contributed by atoms with Gasteiger partial charge in [-0.1, -0.05) is 5.16 Å². The Morgan fingerprint density at radius 2 is 2.12 bits per heavy atom. The fourth-order valence-corrected chi connectivity index (χ4v) is 1.94. The average Bonchev–Trinajstić information content (AvgIpc) is 2.73. The molecule has 2 aromatic rings. The number of fused-ring (bicyclic) bond motifs is 1. The first-order chi connectivity index (χ1) is 7.84. The van der Waals surface area contributed by atoms with Crippen molar-refractivity contribution in [3.8, 4) is 11.6 Å². The monoisotopic (exact) mass is 216 g/mol. The summed E-state index contributed by atoms with van der Waals surface area (Å²) in [5.41, 5.74) is 2.17. The first-order valence-corrected chi connectivity index (χ1v) is 5.28. The van der Waals surface area contributed by atoms with Gasteiger partial charge >= 0.3 is 0 Å². The number of rotatable bonds is 1. The molecule has 0 saturated heterocycles. The van der Waals surface area contributed by atoms with Crippen molar-refractivity contribution in [1.82, 2.24) is 20.0 Å². The maximum absolute atomic E-state index is 5.35. The van der Waals surface area contributed by atoms with E-state index in [1.165, 1.54) is 0 Å². The van der Waals surface area contributed by atoms with Gasteiger partial charge in [-0.2, -0.15) is 0 Å². The SMILES string of the molecule is CN1CCc2noc(-c3ncccn3)c2C1. The van der Waals surface area contributed by atoms with Gasteiger partial charge in [0.1, 0.15) is 0 Å². The highest BCUT2D eigenvalue weighted by molar-refractivity contribution is 5.53. The van der Waals surface area contributed by atoms with Crippen LogP contribution in [0.25, 0.3) is 11.6 Å². The average molecular weight is 216 g/mol. The Kier molecular flexibility index (Phi) is 2.18. The molecule has 0 N–H and O–H groups in total. The summed E-state index contributed by atoms with van der Waals surface area (Å²) < 4.78 is 5.35. The summed E-state index contributed by atoms with van der Waals surface area (Å²) in [6.45, 7) is 1.88. The molecule has 0 radical (unpaired) electrons. The standard InChI is InChI=1S/C11H12N4O/c1-15-6-3-9-8(7-15)10(16-14-9)11-12-4-2-5-13-11/h2,4-5H,3,6-7H2,1H3. The van der Waals surface area contributed by atoms with E-state index in [9.17, 15) is 0 Å². The van der Waals surface area contributed by atoms with Crippen molar-refractivity contribution in [2.75, 3.05) is 13.6 Å². The summed E-state index contributed by atoms with van der Waals surface area (Å²) in [5, 5.41) is 4.09. The molecule has 3 heterocycles. The van der Waals surface area contributed by atoms with Gasteiger partial charge < -0.3 is 9.42 Å². The van der Waals surface area contributed by atoms with Crippen molar-refractivity contribution in [3.63, 3.8) is 0 Å². The van der Waals surface area contributed by atoms with Crippen LogP contribution < -0.4 is 0 Å². The van der Waals surface area contributed by atoms with Crippen molar-refractivity contribution >= 4 is 0 Å². The highest BCUT2D eigenvalue weighted by Gasteiger charge is 2.23. The molecule has 0 aliphatic carbocycles. The smallest absolute Gasteiger partial charge is 0.208 e. The van der Waals surface area contributed by atoms with Crippen LogP contribution in [0.5, 0.6) is 0 Å². The quantitative estimate of drug-likeness (QED) is 0.715.